The lowest BCUT2D eigenvalue weighted by atomic mass is 10.0. The van der Waals surface area contributed by atoms with Crippen molar-refractivity contribution in [3.8, 4) is 5.75 Å². The molecule has 0 saturated heterocycles. The molecule has 128 valence electrons. The number of hydrogen-bond acceptors (Lipinski definition) is 2. The molecule has 2 aromatic carbocycles. The highest BCUT2D eigenvalue weighted by atomic mass is 16.5. The molecule has 2 amide bonds. The summed E-state index contributed by atoms with van der Waals surface area (Å²) in [7, 11) is 3.43. The van der Waals surface area contributed by atoms with Crippen LogP contribution in [0.5, 0.6) is 5.75 Å². The lowest BCUT2D eigenvalue weighted by Gasteiger charge is -2.22. The molecule has 4 nitrogen and oxygen atoms in total. The number of nitrogens with zero attached hydrogens (tertiary/aromatic N) is 1. The highest BCUT2D eigenvalue weighted by Crippen LogP contribution is 2.18. The van der Waals surface area contributed by atoms with Crippen molar-refractivity contribution in [3.63, 3.8) is 0 Å². The maximum absolute atomic E-state index is 12.4. The van der Waals surface area contributed by atoms with Crippen LogP contribution in [0.25, 0.3) is 0 Å². The van der Waals surface area contributed by atoms with Crippen molar-refractivity contribution in [2.45, 2.75) is 33.4 Å². The summed E-state index contributed by atoms with van der Waals surface area (Å²) >= 11 is 0. The van der Waals surface area contributed by atoms with E-state index in [1.807, 2.05) is 31.2 Å². The van der Waals surface area contributed by atoms with Crippen LogP contribution >= 0.6 is 0 Å². The van der Waals surface area contributed by atoms with E-state index in [0.29, 0.717) is 6.54 Å². The summed E-state index contributed by atoms with van der Waals surface area (Å²) in [6.45, 7) is 6.67. The van der Waals surface area contributed by atoms with Crippen LogP contribution < -0.4 is 10.1 Å². The van der Waals surface area contributed by atoms with Crippen molar-refractivity contribution in [2.75, 3.05) is 14.2 Å². The van der Waals surface area contributed by atoms with Crippen molar-refractivity contribution >= 4 is 6.03 Å². The summed E-state index contributed by atoms with van der Waals surface area (Å²) in [6.07, 6.45) is 0. The summed E-state index contributed by atoms with van der Waals surface area (Å²) in [5.74, 6) is 0.796. The molecular formula is C20H26N2O2. The van der Waals surface area contributed by atoms with Gasteiger partial charge in [-0.25, -0.2) is 4.79 Å². The first-order valence-corrected chi connectivity index (χ1v) is 8.12. The molecule has 0 aliphatic carbocycles. The third-order valence-electron chi connectivity index (χ3n) is 3.98. The van der Waals surface area contributed by atoms with Crippen LogP contribution in [0.15, 0.2) is 42.5 Å². The fourth-order valence-electron chi connectivity index (χ4n) is 2.76. The molecule has 0 bridgehead atoms. The first-order valence-electron chi connectivity index (χ1n) is 8.12. The normalized spacial score (nSPS) is 11.7. The van der Waals surface area contributed by atoms with Gasteiger partial charge in [0.25, 0.3) is 0 Å². The predicted octanol–water partition coefficient (Wildman–Crippen LogP) is 4.21. The van der Waals surface area contributed by atoms with E-state index in [1.165, 1.54) is 11.1 Å². The van der Waals surface area contributed by atoms with E-state index in [0.717, 1.165) is 16.9 Å². The largest absolute Gasteiger partial charge is 0.497 e. The van der Waals surface area contributed by atoms with Gasteiger partial charge in [-0.3, -0.25) is 0 Å². The minimum absolute atomic E-state index is 0.0381. The average Bonchev–Trinajstić information content (AvgIpc) is 2.54. The van der Waals surface area contributed by atoms with Gasteiger partial charge in [0.05, 0.1) is 13.2 Å². The molecule has 1 unspecified atom stereocenters. The number of rotatable bonds is 5. The van der Waals surface area contributed by atoms with Crippen molar-refractivity contribution in [1.29, 1.82) is 0 Å². The Hall–Kier alpha value is -2.49. The second-order valence-corrected chi connectivity index (χ2v) is 6.30. The van der Waals surface area contributed by atoms with Crippen molar-refractivity contribution in [3.05, 3.63) is 64.7 Å². The van der Waals surface area contributed by atoms with E-state index in [4.69, 9.17) is 4.74 Å². The topological polar surface area (TPSA) is 41.6 Å². The SMILES string of the molecule is COc1cccc(CN(C)C(=O)NC(C)c2cc(C)cc(C)c2)c1. The number of urea groups is 1. The van der Waals surface area contributed by atoms with Gasteiger partial charge in [0.1, 0.15) is 5.75 Å². The standard InChI is InChI=1S/C20H26N2O2/c1-14-9-15(2)11-18(10-14)16(3)21-20(23)22(4)13-17-7-6-8-19(12-17)24-5/h6-12,16H,13H2,1-5H3,(H,21,23). The highest BCUT2D eigenvalue weighted by Gasteiger charge is 2.14. The molecule has 2 aromatic rings. The Morgan fingerprint density at radius 1 is 1.17 bits per heavy atom. The third kappa shape index (κ3) is 4.75. The van der Waals surface area contributed by atoms with Crippen LogP contribution in [0.3, 0.4) is 0 Å². The summed E-state index contributed by atoms with van der Waals surface area (Å²) in [5, 5.41) is 3.05. The number of benzene rings is 2. The van der Waals surface area contributed by atoms with E-state index in [9.17, 15) is 4.79 Å². The zero-order valence-electron chi connectivity index (χ0n) is 15.1. The molecule has 0 aliphatic heterocycles. The van der Waals surface area contributed by atoms with E-state index in [2.05, 4.69) is 37.4 Å². The van der Waals surface area contributed by atoms with Crippen LogP contribution in [0.1, 0.15) is 35.2 Å². The maximum Gasteiger partial charge on any atom is 0.317 e. The lowest BCUT2D eigenvalue weighted by molar-refractivity contribution is 0.203. The molecule has 0 aromatic heterocycles. The van der Waals surface area contributed by atoms with Gasteiger partial charge in [-0.15, -0.1) is 0 Å². The van der Waals surface area contributed by atoms with Gasteiger partial charge in [0, 0.05) is 13.6 Å². The lowest BCUT2D eigenvalue weighted by Crippen LogP contribution is -2.38. The zero-order valence-corrected chi connectivity index (χ0v) is 15.1. The Balaban J connectivity index is 2.00. The number of carbonyl (C=O) groups excluding carboxylic acids is 1. The van der Waals surface area contributed by atoms with E-state index in [-0.39, 0.29) is 12.1 Å². The molecule has 0 saturated carbocycles. The fraction of sp³-hybridized carbons (Fsp3) is 0.350. The number of carbonyl (C=O) groups is 1. The molecule has 0 radical (unpaired) electrons. The van der Waals surface area contributed by atoms with Crippen molar-refractivity contribution in [2.24, 2.45) is 0 Å². The van der Waals surface area contributed by atoms with Crippen LogP contribution in [-0.4, -0.2) is 25.1 Å². The molecular weight excluding hydrogens is 300 g/mol. The molecule has 0 spiro atoms. The molecule has 0 aliphatic rings. The zero-order chi connectivity index (χ0) is 17.7. The Morgan fingerprint density at radius 2 is 1.83 bits per heavy atom. The quantitative estimate of drug-likeness (QED) is 0.894. The number of hydrogen-bond donors (Lipinski definition) is 1. The van der Waals surface area contributed by atoms with E-state index < -0.39 is 0 Å². The molecule has 0 heterocycles. The van der Waals surface area contributed by atoms with Gasteiger partial charge in [-0.05, 0) is 44.0 Å². The Morgan fingerprint density at radius 3 is 2.46 bits per heavy atom. The first kappa shape index (κ1) is 17.9. The molecule has 4 heteroatoms. The minimum atomic E-state index is -0.0931. The van der Waals surface area contributed by atoms with E-state index >= 15 is 0 Å². The minimum Gasteiger partial charge on any atom is -0.497 e. The highest BCUT2D eigenvalue weighted by molar-refractivity contribution is 5.74. The molecule has 24 heavy (non-hydrogen) atoms. The number of methoxy groups -OCH3 is 1. The van der Waals surface area contributed by atoms with Crippen LogP contribution in [0.4, 0.5) is 4.79 Å². The van der Waals surface area contributed by atoms with Gasteiger partial charge >= 0.3 is 6.03 Å². The summed E-state index contributed by atoms with van der Waals surface area (Å²) < 4.78 is 5.22. The molecule has 1 N–H and O–H groups in total. The number of amides is 2. The molecule has 2 rings (SSSR count). The summed E-state index contributed by atoms with van der Waals surface area (Å²) in [4.78, 5) is 14.1. The average molecular weight is 326 g/mol. The summed E-state index contributed by atoms with van der Waals surface area (Å²) in [5.41, 5.74) is 4.56. The van der Waals surface area contributed by atoms with Gasteiger partial charge < -0.3 is 15.0 Å². The summed E-state index contributed by atoms with van der Waals surface area (Å²) in [6, 6.07) is 14.0. The smallest absolute Gasteiger partial charge is 0.317 e. The van der Waals surface area contributed by atoms with Gasteiger partial charge in [0.15, 0.2) is 0 Å². The Kier molecular flexibility index (Phi) is 5.85. The second kappa shape index (κ2) is 7.86. The van der Waals surface area contributed by atoms with Crippen LogP contribution in [0.2, 0.25) is 0 Å². The molecule has 1 atom stereocenters. The van der Waals surface area contributed by atoms with Crippen molar-refractivity contribution in [1.82, 2.24) is 10.2 Å². The number of nitrogens with one attached hydrogen (secondary N) is 1. The second-order valence-electron chi connectivity index (χ2n) is 6.30. The third-order valence-corrected chi connectivity index (χ3v) is 3.98. The monoisotopic (exact) mass is 326 g/mol. The van der Waals surface area contributed by atoms with Crippen LogP contribution in [-0.2, 0) is 6.54 Å². The van der Waals surface area contributed by atoms with Gasteiger partial charge in [0.2, 0.25) is 0 Å². The number of ether oxygens (including phenoxy) is 1. The maximum atomic E-state index is 12.4. The van der Waals surface area contributed by atoms with Crippen LogP contribution in [0, 0.1) is 13.8 Å². The Labute approximate surface area is 144 Å². The van der Waals surface area contributed by atoms with E-state index in [1.54, 1.807) is 19.1 Å². The van der Waals surface area contributed by atoms with Gasteiger partial charge in [-0.2, -0.15) is 0 Å². The van der Waals surface area contributed by atoms with Gasteiger partial charge in [-0.1, -0.05) is 41.5 Å². The first-order chi connectivity index (χ1) is 11.4. The number of aryl methyl sites for hydroxylation is 2. The molecule has 0 fully saturated rings. The predicted molar refractivity (Wildman–Crippen MR) is 97.3 cm³/mol. The fourth-order valence-corrected chi connectivity index (χ4v) is 2.76. The Bertz CT molecular complexity index is 692. The van der Waals surface area contributed by atoms with Crippen molar-refractivity contribution < 1.29 is 9.53 Å².